The van der Waals surface area contributed by atoms with E-state index in [1.807, 2.05) is 0 Å². The fourth-order valence-electron chi connectivity index (χ4n) is 2.68. The van der Waals surface area contributed by atoms with Crippen molar-refractivity contribution in [2.45, 2.75) is 4.90 Å². The van der Waals surface area contributed by atoms with Crippen LogP contribution in [0.15, 0.2) is 79.9 Å². The predicted octanol–water partition coefficient (Wildman–Crippen LogP) is 0.874. The summed E-state index contributed by atoms with van der Waals surface area (Å²) >= 11 is 0.519. The Labute approximate surface area is 237 Å². The zero-order chi connectivity index (χ0) is 25.0. The van der Waals surface area contributed by atoms with Crippen LogP contribution in [0.5, 0.6) is 5.75 Å². The van der Waals surface area contributed by atoms with Crippen molar-refractivity contribution in [1.29, 1.82) is 0 Å². The molecule has 13 nitrogen and oxygen atoms in total. The van der Waals surface area contributed by atoms with Crippen molar-refractivity contribution in [2.75, 3.05) is 0 Å². The van der Waals surface area contributed by atoms with Gasteiger partial charge in [0.1, 0.15) is 0 Å². The molecule has 0 atom stereocenters. The van der Waals surface area contributed by atoms with Gasteiger partial charge in [0.2, 0.25) is 0 Å². The molecule has 0 radical (unpaired) electrons. The number of hydrogen-bond acceptors (Lipinski definition) is 10. The molecule has 0 amide bonds. The standard InChI is InChI=1S/C19H12N5O8S.2Na/c25-18-14(19(26)27)9-12(21-22-15-3-1-2-4-17(15)33(30,31)32)10-16(18)23-20-11-5-7-13(8-6-11)24(28)29;;/h1,3-10,25H,(H,26,27)(H,30,31,32);;/q;;+1. The van der Waals surface area contributed by atoms with Crippen molar-refractivity contribution < 1.29 is 62.5 Å². The molecule has 35 heavy (non-hydrogen) atoms. The summed E-state index contributed by atoms with van der Waals surface area (Å²) in [7, 11) is -4.59. The topological polar surface area (TPSA) is 204 Å². The van der Waals surface area contributed by atoms with Crippen LogP contribution < -0.4 is 32.4 Å². The van der Waals surface area contributed by atoms with Gasteiger partial charge in [0.25, 0.3) is 5.69 Å². The summed E-state index contributed by atoms with van der Waals surface area (Å²) in [6, 6.07) is 11.3. The van der Waals surface area contributed by atoms with Gasteiger partial charge in [0.05, 0.1) is 4.92 Å². The molecule has 0 aromatic heterocycles. The van der Waals surface area contributed by atoms with Gasteiger partial charge in [-0.05, 0) is 12.1 Å². The van der Waals surface area contributed by atoms with E-state index in [1.165, 1.54) is 36.4 Å². The van der Waals surface area contributed by atoms with E-state index in [0.717, 1.165) is 12.1 Å². The SMILES string of the molecule is O=C(O)c1cc(N=Nc2cc[c]([Na])cc2S(=O)(=O)O)cc(N=Nc2ccc([N+](=O)[O-])cc2)c1O.[Na+]. The van der Waals surface area contributed by atoms with Crippen molar-refractivity contribution in [3.63, 3.8) is 0 Å². The van der Waals surface area contributed by atoms with Gasteiger partial charge in [-0.25, -0.2) is 0 Å². The molecule has 0 bridgehead atoms. The van der Waals surface area contributed by atoms with Crippen LogP contribution in [0.1, 0.15) is 10.4 Å². The van der Waals surface area contributed by atoms with Crippen LogP contribution in [0.2, 0.25) is 0 Å². The van der Waals surface area contributed by atoms with Gasteiger partial charge in [0.15, 0.2) is 0 Å². The van der Waals surface area contributed by atoms with Gasteiger partial charge in [-0.3, -0.25) is 10.1 Å². The number of carbonyl (C=O) groups is 1. The van der Waals surface area contributed by atoms with Crippen LogP contribution in [0, 0.1) is 10.1 Å². The number of non-ortho nitro benzene ring substituents is 1. The van der Waals surface area contributed by atoms with Crippen molar-refractivity contribution >= 4 is 75.3 Å². The minimum atomic E-state index is -4.59. The molecular formula is C19H12N5Na2O8S+. The molecule has 0 saturated carbocycles. The average Bonchev–Trinajstić information content (AvgIpc) is 2.77. The molecule has 3 aromatic rings. The molecule has 0 unspecified atom stereocenters. The van der Waals surface area contributed by atoms with Gasteiger partial charge in [-0.1, -0.05) is 0 Å². The molecular weight excluding hydrogens is 504 g/mol. The van der Waals surface area contributed by atoms with Crippen LogP contribution in [0.25, 0.3) is 0 Å². The van der Waals surface area contributed by atoms with Gasteiger partial charge in [-0.15, -0.1) is 0 Å². The number of hydrogen-bond donors (Lipinski definition) is 3. The molecule has 0 spiro atoms. The molecule has 0 heterocycles. The summed E-state index contributed by atoms with van der Waals surface area (Å²) in [6.07, 6.45) is 0. The molecule has 0 aliphatic heterocycles. The van der Waals surface area contributed by atoms with Crippen molar-refractivity contribution in [2.24, 2.45) is 20.5 Å². The van der Waals surface area contributed by atoms with E-state index in [0.29, 0.717) is 30.7 Å². The number of phenols is 1. The van der Waals surface area contributed by atoms with Gasteiger partial charge >= 0.3 is 194 Å². The number of benzene rings is 3. The minimum absolute atomic E-state index is 0. The number of nitrogens with zero attached hydrogens (tertiary/aromatic N) is 5. The Bertz CT molecular complexity index is 1460. The van der Waals surface area contributed by atoms with Crippen molar-refractivity contribution in [3.05, 3.63) is 70.3 Å². The van der Waals surface area contributed by atoms with E-state index in [-0.39, 0.29) is 58.0 Å². The molecule has 168 valence electrons. The van der Waals surface area contributed by atoms with Gasteiger partial charge in [-0.2, -0.15) is 0 Å². The summed E-state index contributed by atoms with van der Waals surface area (Å²) < 4.78 is 33.4. The number of rotatable bonds is 7. The van der Waals surface area contributed by atoms with Crippen molar-refractivity contribution in [1.82, 2.24) is 0 Å². The first-order valence-corrected chi connectivity index (χ1v) is 11.7. The molecule has 0 aliphatic rings. The summed E-state index contributed by atoms with van der Waals surface area (Å²) in [6.45, 7) is 0. The predicted molar refractivity (Wildman–Crippen MR) is 118 cm³/mol. The van der Waals surface area contributed by atoms with E-state index in [2.05, 4.69) is 20.5 Å². The third-order valence-electron chi connectivity index (χ3n) is 4.31. The van der Waals surface area contributed by atoms with Crippen LogP contribution >= 0.6 is 0 Å². The zero-order valence-corrected chi connectivity index (χ0v) is 23.0. The maximum Gasteiger partial charge on any atom is 1.00 e. The second-order valence-corrected chi connectivity index (χ2v) is 9.33. The number of aromatic carboxylic acids is 1. The molecule has 16 heteroatoms. The Balaban J connectivity index is 0.00000432. The van der Waals surface area contributed by atoms with Gasteiger partial charge in [0, 0.05) is 12.1 Å². The third-order valence-corrected chi connectivity index (χ3v) is 5.81. The number of azo groups is 2. The molecule has 0 aliphatic carbocycles. The summed E-state index contributed by atoms with van der Waals surface area (Å²) in [5.74, 6) is -2.21. The van der Waals surface area contributed by atoms with E-state index in [1.54, 1.807) is 6.07 Å². The number of nitro benzene ring substituents is 1. The Morgan fingerprint density at radius 2 is 1.51 bits per heavy atom. The van der Waals surface area contributed by atoms with E-state index in [4.69, 9.17) is 0 Å². The summed E-state index contributed by atoms with van der Waals surface area (Å²) in [5.41, 5.74) is -1.13. The quantitative estimate of drug-likeness (QED) is 0.135. The average molecular weight is 516 g/mol. The largest absolute Gasteiger partial charge is 1.00 e. The first-order chi connectivity index (χ1) is 16.0. The number of carboxylic acid groups (broad SMARTS) is 1. The van der Waals surface area contributed by atoms with E-state index in [9.17, 15) is 38.1 Å². The smallest absolute Gasteiger partial charge is 1.00 e. The monoisotopic (exact) mass is 516 g/mol. The fourth-order valence-corrected chi connectivity index (χ4v) is 4.05. The Morgan fingerprint density at radius 1 is 0.914 bits per heavy atom. The maximum absolute atomic E-state index is 11.6. The Hall–Kier alpha value is -2.56. The number of aromatic hydroxyl groups is 1. The van der Waals surface area contributed by atoms with E-state index < -0.39 is 37.2 Å². The first kappa shape index (κ1) is 28.7. The first-order valence-electron chi connectivity index (χ1n) is 9.22. The maximum atomic E-state index is 11.6. The third kappa shape index (κ3) is 7.46. The molecule has 0 fully saturated rings. The number of carboxylic acids is 1. The minimum Gasteiger partial charge on any atom is 1.00 e. The van der Waals surface area contributed by atoms with Crippen molar-refractivity contribution in [3.8, 4) is 5.75 Å². The van der Waals surface area contributed by atoms with E-state index >= 15 is 0 Å². The van der Waals surface area contributed by atoms with Crippen LogP contribution in [0.4, 0.5) is 28.4 Å². The normalized spacial score (nSPS) is 11.5. The second kappa shape index (κ2) is 11.9. The Kier molecular flexibility index (Phi) is 9.76. The van der Waals surface area contributed by atoms with Crippen LogP contribution in [-0.4, -0.2) is 62.0 Å². The summed E-state index contributed by atoms with van der Waals surface area (Å²) in [5, 5.41) is 45.6. The second-order valence-electron chi connectivity index (χ2n) is 6.79. The van der Waals surface area contributed by atoms with Gasteiger partial charge < -0.3 is 0 Å². The zero-order valence-electron chi connectivity index (χ0n) is 18.2. The molecule has 0 saturated heterocycles. The molecule has 3 rings (SSSR count). The van der Waals surface area contributed by atoms with Crippen LogP contribution in [-0.2, 0) is 10.1 Å². The number of nitro groups is 1. The molecule has 3 N–H and O–H groups in total. The van der Waals surface area contributed by atoms with Crippen LogP contribution in [0.3, 0.4) is 0 Å². The Morgan fingerprint density at radius 3 is 2.09 bits per heavy atom. The summed E-state index contributed by atoms with van der Waals surface area (Å²) in [4.78, 5) is 21.2. The fraction of sp³-hybridized carbons (Fsp3) is 0. The molecule has 3 aromatic carbocycles.